The van der Waals surface area contributed by atoms with Gasteiger partial charge in [-0.15, -0.1) is 0 Å². The van der Waals surface area contributed by atoms with Gasteiger partial charge in [0.2, 0.25) is 0 Å². The number of amides is 1. The third-order valence-electron chi connectivity index (χ3n) is 3.78. The highest BCUT2D eigenvalue weighted by Crippen LogP contribution is 2.25. The number of ether oxygens (including phenoxy) is 3. The number of carbonyl (C=O) groups excluding carboxylic acids is 2. The fourth-order valence-corrected chi connectivity index (χ4v) is 2.51. The van der Waals surface area contributed by atoms with Crippen molar-refractivity contribution >= 4 is 17.6 Å². The number of nitrogens with two attached hydrogens (primary N) is 1. The lowest BCUT2D eigenvalue weighted by Crippen LogP contribution is -2.15. The Morgan fingerprint density at radius 1 is 1.04 bits per heavy atom. The zero-order valence-electron chi connectivity index (χ0n) is 15.7. The molecule has 2 rings (SSSR count). The van der Waals surface area contributed by atoms with Gasteiger partial charge in [0.1, 0.15) is 18.1 Å². The Kier molecular flexibility index (Phi) is 7.19. The van der Waals surface area contributed by atoms with Crippen LogP contribution in [0.2, 0.25) is 0 Å². The average Bonchev–Trinajstić information content (AvgIpc) is 2.66. The first-order valence-corrected chi connectivity index (χ1v) is 8.49. The molecule has 27 heavy (non-hydrogen) atoms. The Labute approximate surface area is 158 Å². The predicted octanol–water partition coefficient (Wildman–Crippen LogP) is 2.45. The molecule has 144 valence electrons. The van der Waals surface area contributed by atoms with E-state index in [9.17, 15) is 9.59 Å². The summed E-state index contributed by atoms with van der Waals surface area (Å²) >= 11 is 0. The van der Waals surface area contributed by atoms with Crippen LogP contribution >= 0.6 is 0 Å². The van der Waals surface area contributed by atoms with Crippen LogP contribution in [0.3, 0.4) is 0 Å². The van der Waals surface area contributed by atoms with E-state index >= 15 is 0 Å². The Hall–Kier alpha value is -3.06. The zero-order valence-corrected chi connectivity index (χ0v) is 15.7. The molecule has 0 aliphatic carbocycles. The number of hydrogen-bond donors (Lipinski definition) is 2. The molecule has 0 aliphatic rings. The van der Waals surface area contributed by atoms with E-state index in [4.69, 9.17) is 15.2 Å². The van der Waals surface area contributed by atoms with Crippen molar-refractivity contribution in [1.82, 2.24) is 0 Å². The first-order valence-electron chi connectivity index (χ1n) is 8.49. The van der Waals surface area contributed by atoms with Gasteiger partial charge in [-0.25, -0.2) is 4.79 Å². The van der Waals surface area contributed by atoms with Gasteiger partial charge >= 0.3 is 5.97 Å². The van der Waals surface area contributed by atoms with Crippen LogP contribution in [0.1, 0.15) is 21.5 Å². The molecule has 0 fully saturated rings. The van der Waals surface area contributed by atoms with Crippen molar-refractivity contribution in [2.75, 3.05) is 32.2 Å². The number of carbonyl (C=O) groups is 2. The molecule has 2 aromatic rings. The number of nitrogens with one attached hydrogen (secondary N) is 1. The van der Waals surface area contributed by atoms with Gasteiger partial charge in [-0.2, -0.15) is 0 Å². The van der Waals surface area contributed by atoms with Crippen LogP contribution in [0.4, 0.5) is 5.69 Å². The summed E-state index contributed by atoms with van der Waals surface area (Å²) in [6, 6.07) is 10.5. The molecule has 2 aromatic carbocycles. The molecule has 0 unspecified atom stereocenters. The average molecular weight is 372 g/mol. The second kappa shape index (κ2) is 9.59. The molecule has 0 aromatic heterocycles. The van der Waals surface area contributed by atoms with Gasteiger partial charge in [-0.1, -0.05) is 0 Å². The maximum absolute atomic E-state index is 12.5. The van der Waals surface area contributed by atoms with Gasteiger partial charge in [0.05, 0.1) is 7.11 Å². The van der Waals surface area contributed by atoms with Crippen molar-refractivity contribution in [2.45, 2.75) is 13.8 Å². The highest BCUT2D eigenvalue weighted by Gasteiger charge is 2.13. The lowest BCUT2D eigenvalue weighted by atomic mass is 10.0. The summed E-state index contributed by atoms with van der Waals surface area (Å²) in [5.41, 5.74) is 8.07. The number of methoxy groups -OCH3 is 1. The van der Waals surface area contributed by atoms with Crippen LogP contribution in [-0.2, 0) is 9.53 Å². The number of hydrogen-bond acceptors (Lipinski definition) is 6. The number of benzene rings is 2. The Morgan fingerprint density at radius 2 is 1.67 bits per heavy atom. The van der Waals surface area contributed by atoms with E-state index in [1.807, 2.05) is 13.8 Å². The molecule has 7 nitrogen and oxygen atoms in total. The fraction of sp³-hybridized carbons (Fsp3) is 0.300. The van der Waals surface area contributed by atoms with Crippen LogP contribution in [0.5, 0.6) is 11.5 Å². The van der Waals surface area contributed by atoms with Gasteiger partial charge in [0.15, 0.2) is 6.61 Å². The largest absolute Gasteiger partial charge is 0.492 e. The standard InChI is InChI=1S/C20H24N2O5/c1-13-10-15(11-14(2)19(13)27-12-18(23)25-3)20(24)22-16-4-6-17(7-5-16)26-9-8-21/h4-7,10-11H,8-9,12,21H2,1-3H3,(H,22,24). The molecule has 0 aliphatic heterocycles. The fourth-order valence-electron chi connectivity index (χ4n) is 2.51. The minimum atomic E-state index is -0.463. The normalized spacial score (nSPS) is 10.2. The van der Waals surface area contributed by atoms with Crippen molar-refractivity contribution in [1.29, 1.82) is 0 Å². The van der Waals surface area contributed by atoms with Crippen LogP contribution < -0.4 is 20.5 Å². The van der Waals surface area contributed by atoms with Gasteiger partial charge in [-0.3, -0.25) is 4.79 Å². The third-order valence-corrected chi connectivity index (χ3v) is 3.78. The molecule has 0 saturated heterocycles. The first kappa shape index (κ1) is 20.3. The van der Waals surface area contributed by atoms with E-state index in [1.165, 1.54) is 7.11 Å². The van der Waals surface area contributed by atoms with Gasteiger partial charge in [-0.05, 0) is 61.4 Å². The monoisotopic (exact) mass is 372 g/mol. The highest BCUT2D eigenvalue weighted by molar-refractivity contribution is 6.04. The van der Waals surface area contributed by atoms with E-state index in [0.29, 0.717) is 35.9 Å². The van der Waals surface area contributed by atoms with Crippen LogP contribution in [-0.4, -0.2) is 38.7 Å². The Balaban J connectivity index is 2.06. The van der Waals surface area contributed by atoms with E-state index in [0.717, 1.165) is 11.1 Å². The molecule has 1 amide bonds. The number of anilines is 1. The van der Waals surface area contributed by atoms with E-state index < -0.39 is 5.97 Å². The molecular formula is C20H24N2O5. The summed E-state index contributed by atoms with van der Waals surface area (Å²) < 4.78 is 15.5. The smallest absolute Gasteiger partial charge is 0.343 e. The second-order valence-corrected chi connectivity index (χ2v) is 5.92. The molecule has 0 bridgehead atoms. The molecule has 0 heterocycles. The lowest BCUT2D eigenvalue weighted by Gasteiger charge is -2.13. The molecule has 0 radical (unpaired) electrons. The number of esters is 1. The van der Waals surface area contributed by atoms with Crippen molar-refractivity contribution in [3.05, 3.63) is 53.1 Å². The van der Waals surface area contributed by atoms with Gasteiger partial charge in [0.25, 0.3) is 5.91 Å². The SMILES string of the molecule is COC(=O)COc1c(C)cc(C(=O)Nc2ccc(OCCN)cc2)cc1C. The molecule has 7 heteroatoms. The van der Waals surface area contributed by atoms with Gasteiger partial charge < -0.3 is 25.3 Å². The molecule has 3 N–H and O–H groups in total. The maximum Gasteiger partial charge on any atom is 0.343 e. The number of aryl methyl sites for hydroxylation is 2. The summed E-state index contributed by atoms with van der Waals surface area (Å²) in [5.74, 6) is 0.557. The van der Waals surface area contributed by atoms with E-state index in [-0.39, 0.29) is 12.5 Å². The molecule has 0 saturated carbocycles. The van der Waals surface area contributed by atoms with Crippen molar-refractivity contribution in [3.8, 4) is 11.5 Å². The van der Waals surface area contributed by atoms with E-state index in [2.05, 4.69) is 10.1 Å². The summed E-state index contributed by atoms with van der Waals surface area (Å²) in [7, 11) is 1.30. The quantitative estimate of drug-likeness (QED) is 0.691. The molecule has 0 spiro atoms. The third kappa shape index (κ3) is 5.72. The summed E-state index contributed by atoms with van der Waals surface area (Å²) in [6.45, 7) is 4.34. The van der Waals surface area contributed by atoms with E-state index in [1.54, 1.807) is 36.4 Å². The summed E-state index contributed by atoms with van der Waals surface area (Å²) in [5, 5.41) is 2.84. The predicted molar refractivity (Wildman–Crippen MR) is 102 cm³/mol. The minimum Gasteiger partial charge on any atom is -0.492 e. The van der Waals surface area contributed by atoms with Crippen molar-refractivity contribution in [3.63, 3.8) is 0 Å². The van der Waals surface area contributed by atoms with Crippen LogP contribution in [0.25, 0.3) is 0 Å². The zero-order chi connectivity index (χ0) is 19.8. The second-order valence-electron chi connectivity index (χ2n) is 5.92. The van der Waals surface area contributed by atoms with Crippen LogP contribution in [0.15, 0.2) is 36.4 Å². The van der Waals surface area contributed by atoms with Gasteiger partial charge in [0, 0.05) is 17.8 Å². The first-order chi connectivity index (χ1) is 12.9. The minimum absolute atomic E-state index is 0.178. The highest BCUT2D eigenvalue weighted by atomic mass is 16.6. The summed E-state index contributed by atoms with van der Waals surface area (Å²) in [6.07, 6.45) is 0. The maximum atomic E-state index is 12.5. The molecule has 0 atom stereocenters. The number of rotatable bonds is 8. The van der Waals surface area contributed by atoms with Crippen molar-refractivity contribution < 1.29 is 23.8 Å². The molecular weight excluding hydrogens is 348 g/mol. The Morgan fingerprint density at radius 3 is 2.22 bits per heavy atom. The topological polar surface area (TPSA) is 99.9 Å². The Bertz CT molecular complexity index is 780. The van der Waals surface area contributed by atoms with Crippen LogP contribution in [0, 0.1) is 13.8 Å². The lowest BCUT2D eigenvalue weighted by molar-refractivity contribution is -0.142. The van der Waals surface area contributed by atoms with Crippen molar-refractivity contribution in [2.24, 2.45) is 5.73 Å². The summed E-state index contributed by atoms with van der Waals surface area (Å²) in [4.78, 5) is 23.8.